The zero-order valence-electron chi connectivity index (χ0n) is 10.7. The monoisotopic (exact) mass is 246 g/mol. The van der Waals surface area contributed by atoms with Crippen molar-refractivity contribution in [3.8, 4) is 6.07 Å². The van der Waals surface area contributed by atoms with E-state index < -0.39 is 5.97 Å². The lowest BCUT2D eigenvalue weighted by atomic mass is 10.0. The zero-order valence-corrected chi connectivity index (χ0v) is 10.7. The first kappa shape index (κ1) is 14.2. The van der Waals surface area contributed by atoms with Gasteiger partial charge in [0.2, 0.25) is 0 Å². The third-order valence-corrected chi connectivity index (χ3v) is 3.01. The fourth-order valence-electron chi connectivity index (χ4n) is 1.72. The Kier molecular flexibility index (Phi) is 5.34. The lowest BCUT2D eigenvalue weighted by Crippen LogP contribution is -2.27. The minimum atomic E-state index is -0.916. The van der Waals surface area contributed by atoms with Crippen LogP contribution in [0.2, 0.25) is 0 Å². The predicted octanol–water partition coefficient (Wildman–Crippen LogP) is 2.48. The highest BCUT2D eigenvalue weighted by molar-refractivity contribution is 5.87. The number of benzene rings is 1. The van der Waals surface area contributed by atoms with Crippen molar-refractivity contribution in [2.75, 3.05) is 0 Å². The summed E-state index contributed by atoms with van der Waals surface area (Å²) in [4.78, 5) is 10.9. The maximum absolute atomic E-state index is 10.9. The number of nitrogens with one attached hydrogen (secondary N) is 1. The SMILES string of the molecule is CCC(CC#N)NCc1cc(C(=O)O)ccc1C. The molecule has 1 unspecified atom stereocenters. The van der Waals surface area contributed by atoms with Gasteiger partial charge in [0.1, 0.15) is 0 Å². The number of nitriles is 1. The Balaban J connectivity index is 2.74. The number of aromatic carboxylic acids is 1. The van der Waals surface area contributed by atoms with Crippen molar-refractivity contribution >= 4 is 5.97 Å². The molecule has 18 heavy (non-hydrogen) atoms. The quantitative estimate of drug-likeness (QED) is 0.808. The van der Waals surface area contributed by atoms with Gasteiger partial charge in [-0.3, -0.25) is 0 Å². The molecule has 1 aromatic rings. The molecular formula is C14H18N2O2. The average Bonchev–Trinajstić information content (AvgIpc) is 2.35. The first-order chi connectivity index (χ1) is 8.58. The van der Waals surface area contributed by atoms with E-state index in [9.17, 15) is 4.79 Å². The van der Waals surface area contributed by atoms with E-state index in [0.717, 1.165) is 17.5 Å². The number of rotatable bonds is 6. The first-order valence-electron chi connectivity index (χ1n) is 6.01. The number of hydrogen-bond donors (Lipinski definition) is 2. The molecule has 96 valence electrons. The van der Waals surface area contributed by atoms with Gasteiger partial charge in [0.25, 0.3) is 0 Å². The molecule has 1 aromatic carbocycles. The second-order valence-electron chi connectivity index (χ2n) is 4.29. The Hall–Kier alpha value is -1.86. The Morgan fingerprint density at radius 3 is 2.83 bits per heavy atom. The molecule has 0 aliphatic carbocycles. The van der Waals surface area contributed by atoms with Gasteiger partial charge < -0.3 is 10.4 Å². The molecule has 0 aliphatic rings. The number of nitrogens with zero attached hydrogens (tertiary/aromatic N) is 1. The van der Waals surface area contributed by atoms with E-state index in [2.05, 4.69) is 11.4 Å². The third-order valence-electron chi connectivity index (χ3n) is 3.01. The van der Waals surface area contributed by atoms with Crippen LogP contribution in [0.15, 0.2) is 18.2 Å². The normalized spacial score (nSPS) is 11.8. The van der Waals surface area contributed by atoms with Crippen LogP contribution in [0.3, 0.4) is 0 Å². The van der Waals surface area contributed by atoms with Crippen molar-refractivity contribution in [1.29, 1.82) is 5.26 Å². The lowest BCUT2D eigenvalue weighted by Gasteiger charge is -2.15. The van der Waals surface area contributed by atoms with Gasteiger partial charge in [0.15, 0.2) is 0 Å². The summed E-state index contributed by atoms with van der Waals surface area (Å²) in [6, 6.07) is 7.40. The minimum absolute atomic E-state index is 0.155. The fourth-order valence-corrected chi connectivity index (χ4v) is 1.72. The zero-order chi connectivity index (χ0) is 13.5. The predicted molar refractivity (Wildman–Crippen MR) is 69.3 cm³/mol. The minimum Gasteiger partial charge on any atom is -0.478 e. The fraction of sp³-hybridized carbons (Fsp3) is 0.429. The Labute approximate surface area is 107 Å². The molecule has 0 fully saturated rings. The van der Waals surface area contributed by atoms with Crippen molar-refractivity contribution in [3.05, 3.63) is 34.9 Å². The molecule has 1 rings (SSSR count). The molecule has 0 saturated carbocycles. The van der Waals surface area contributed by atoms with E-state index in [1.165, 1.54) is 0 Å². The van der Waals surface area contributed by atoms with Crippen LogP contribution in [0.5, 0.6) is 0 Å². The van der Waals surface area contributed by atoms with Crippen LogP contribution >= 0.6 is 0 Å². The molecule has 0 heterocycles. The second-order valence-corrected chi connectivity index (χ2v) is 4.29. The molecule has 4 nitrogen and oxygen atoms in total. The molecular weight excluding hydrogens is 228 g/mol. The Morgan fingerprint density at radius 2 is 2.28 bits per heavy atom. The van der Waals surface area contributed by atoms with E-state index in [0.29, 0.717) is 18.5 Å². The second kappa shape index (κ2) is 6.77. The van der Waals surface area contributed by atoms with Crippen LogP contribution in [0.25, 0.3) is 0 Å². The maximum Gasteiger partial charge on any atom is 0.335 e. The molecule has 0 amide bonds. The molecule has 0 aromatic heterocycles. The highest BCUT2D eigenvalue weighted by atomic mass is 16.4. The first-order valence-corrected chi connectivity index (χ1v) is 6.01. The number of carboxylic acids is 1. The molecule has 0 aliphatic heterocycles. The van der Waals surface area contributed by atoms with E-state index in [1.807, 2.05) is 19.9 Å². The van der Waals surface area contributed by atoms with Gasteiger partial charge in [0.05, 0.1) is 18.1 Å². The highest BCUT2D eigenvalue weighted by Crippen LogP contribution is 2.12. The molecule has 0 bridgehead atoms. The Morgan fingerprint density at radius 1 is 1.56 bits per heavy atom. The van der Waals surface area contributed by atoms with E-state index in [-0.39, 0.29) is 6.04 Å². The summed E-state index contributed by atoms with van der Waals surface area (Å²) in [6.07, 6.45) is 1.35. The van der Waals surface area contributed by atoms with Gasteiger partial charge in [-0.25, -0.2) is 4.79 Å². The third kappa shape index (κ3) is 3.86. The number of aryl methyl sites for hydroxylation is 1. The summed E-state index contributed by atoms with van der Waals surface area (Å²) in [5, 5.41) is 20.9. The van der Waals surface area contributed by atoms with Crippen LogP contribution in [-0.4, -0.2) is 17.1 Å². The largest absolute Gasteiger partial charge is 0.478 e. The van der Waals surface area contributed by atoms with Gasteiger partial charge in [-0.05, 0) is 36.6 Å². The van der Waals surface area contributed by atoms with Crippen molar-refractivity contribution in [3.63, 3.8) is 0 Å². The van der Waals surface area contributed by atoms with E-state index in [1.54, 1.807) is 12.1 Å². The highest BCUT2D eigenvalue weighted by Gasteiger charge is 2.08. The molecule has 0 radical (unpaired) electrons. The van der Waals surface area contributed by atoms with Crippen molar-refractivity contribution in [1.82, 2.24) is 5.32 Å². The van der Waals surface area contributed by atoms with Gasteiger partial charge in [-0.2, -0.15) is 5.26 Å². The molecule has 0 spiro atoms. The summed E-state index contributed by atoms with van der Waals surface area (Å²) >= 11 is 0. The summed E-state index contributed by atoms with van der Waals surface area (Å²) in [5.74, 6) is -0.916. The van der Waals surface area contributed by atoms with Crippen LogP contribution in [0.1, 0.15) is 41.3 Å². The van der Waals surface area contributed by atoms with Gasteiger partial charge in [-0.1, -0.05) is 13.0 Å². The Bertz CT molecular complexity index is 463. The molecule has 1 atom stereocenters. The topological polar surface area (TPSA) is 73.1 Å². The van der Waals surface area contributed by atoms with Crippen LogP contribution in [0.4, 0.5) is 0 Å². The summed E-state index contributed by atoms with van der Waals surface area (Å²) < 4.78 is 0. The molecule has 0 saturated heterocycles. The van der Waals surface area contributed by atoms with Crippen LogP contribution in [0, 0.1) is 18.3 Å². The standard InChI is InChI=1S/C14H18N2O2/c1-3-13(6-7-15)16-9-12-8-11(14(17)18)5-4-10(12)2/h4-5,8,13,16H,3,6,9H2,1-2H3,(H,17,18). The summed E-state index contributed by atoms with van der Waals surface area (Å²) in [5.41, 5.74) is 2.32. The van der Waals surface area contributed by atoms with Crippen molar-refractivity contribution in [2.24, 2.45) is 0 Å². The molecule has 2 N–H and O–H groups in total. The maximum atomic E-state index is 10.9. The smallest absolute Gasteiger partial charge is 0.335 e. The average molecular weight is 246 g/mol. The molecule has 4 heteroatoms. The summed E-state index contributed by atoms with van der Waals surface area (Å²) in [6.45, 7) is 4.57. The van der Waals surface area contributed by atoms with Crippen molar-refractivity contribution in [2.45, 2.75) is 39.3 Å². The van der Waals surface area contributed by atoms with Gasteiger partial charge in [-0.15, -0.1) is 0 Å². The summed E-state index contributed by atoms with van der Waals surface area (Å²) in [7, 11) is 0. The lowest BCUT2D eigenvalue weighted by molar-refractivity contribution is 0.0696. The number of carbonyl (C=O) groups is 1. The van der Waals surface area contributed by atoms with Gasteiger partial charge in [0, 0.05) is 12.6 Å². The van der Waals surface area contributed by atoms with Crippen LogP contribution < -0.4 is 5.32 Å². The van der Waals surface area contributed by atoms with E-state index >= 15 is 0 Å². The van der Waals surface area contributed by atoms with E-state index in [4.69, 9.17) is 10.4 Å². The van der Waals surface area contributed by atoms with Gasteiger partial charge >= 0.3 is 5.97 Å². The van der Waals surface area contributed by atoms with Crippen molar-refractivity contribution < 1.29 is 9.90 Å². The number of carboxylic acid groups (broad SMARTS) is 1. The number of hydrogen-bond acceptors (Lipinski definition) is 3. The van der Waals surface area contributed by atoms with Crippen LogP contribution in [-0.2, 0) is 6.54 Å².